The molecule has 0 saturated carbocycles. The van der Waals surface area contributed by atoms with Gasteiger partial charge in [-0.15, -0.1) is 0 Å². The summed E-state index contributed by atoms with van der Waals surface area (Å²) in [5.41, 5.74) is 21.1. The van der Waals surface area contributed by atoms with Crippen molar-refractivity contribution in [2.24, 2.45) is 28.5 Å². The van der Waals surface area contributed by atoms with Crippen molar-refractivity contribution in [2.75, 3.05) is 17.3 Å². The molecule has 792 valence electrons. The maximum absolute atomic E-state index is 15.5. The molecule has 10 bridgehead atoms. The molecule has 1 unspecified atom stereocenters. The number of thioether (sulfide) groups is 3. The highest BCUT2D eigenvalue weighted by atomic mass is 32.2. The van der Waals surface area contributed by atoms with Gasteiger partial charge in [-0.05, 0) is 102 Å². The number of aliphatic carboxylic acids is 4. The summed E-state index contributed by atoms with van der Waals surface area (Å²) in [4.78, 5) is 284. The highest BCUT2D eigenvalue weighted by molar-refractivity contribution is 7.99. The summed E-state index contributed by atoms with van der Waals surface area (Å²) in [5.74, 6) is -22.8. The molecular formula is C103H123N19O24S3. The van der Waals surface area contributed by atoms with Crippen LogP contribution in [-0.4, -0.2) is 261 Å². The van der Waals surface area contributed by atoms with E-state index >= 15 is 33.6 Å². The van der Waals surface area contributed by atoms with Gasteiger partial charge in [-0.1, -0.05) is 178 Å². The maximum Gasteiger partial charge on any atom is 0.305 e. The Hall–Kier alpha value is -15.3. The molecule has 0 fully saturated rings. The van der Waals surface area contributed by atoms with E-state index < -0.39 is 279 Å². The van der Waals surface area contributed by atoms with Gasteiger partial charge in [0.05, 0.1) is 43.3 Å². The second kappa shape index (κ2) is 54.9. The van der Waals surface area contributed by atoms with Gasteiger partial charge in [0, 0.05) is 102 Å². The standard InChI is InChI=1S/C103H123N19O24S3/c1-53(104)91(135)118-79-52-149-49-61-24-32-65(33-25-61)90-121-88-63-28-20-59(21-29-63)47-147-50-67(87(106)134)43-80(124)86(103(5,6)7)119-100(144)77(46-85(132)133)117-97(141)73(41-58-26-34-68(123)35-27-58)113-96(140)72(40-57-14-9-8-10-15-57)114-99(143)76(45-84(130)131)116-94(138)71(37-39-83(128)129)111-102(146)78(51-148-48-60-22-30-64(31-23-60)89(120-88)122-90)107-54(2)55(3)108-95(139)74(42-66-18-13-17-62-16-11-12-19-69(62)66)115-93(137)70(36-38-82(126)127)110-98(142)75(44-81(105)125)112-92(136)56(4)109-101(79)145/h8-35,53-56,67,70-79,86,107,123H,36-52,104H2,1-7H3,(H2,105,125)(H2,106,134)(H,108,139)(H,109,145)(H,110,142)(H,111,146)(H,112,136)(H,113,140)(H,114,143)(H,115,137)(H,116,138)(H,117,141)(H,118,135)(H,119,144)(H,126,127)(H,128,129)(H,130,131)(H,132,133)/t53-,54?,55+,56+,67-,70-,71-,72-,73-,74-,75-,76-,77-,78+,79-,86+/m0/s1. The molecule has 0 aliphatic carbocycles. The van der Waals surface area contributed by atoms with Gasteiger partial charge in [0.1, 0.15) is 66.2 Å². The molecule has 1 aromatic heterocycles. The van der Waals surface area contributed by atoms with Crippen LogP contribution >= 0.6 is 35.3 Å². The Balaban J connectivity index is 1.08. The number of fused-ring (bicyclic) bond motifs is 28. The minimum Gasteiger partial charge on any atom is -0.508 e. The Morgan fingerprint density at radius 1 is 0.416 bits per heavy atom. The number of hydrogen-bond acceptors (Lipinski definition) is 28. The molecule has 13 rings (SSSR count). The van der Waals surface area contributed by atoms with Crippen LogP contribution in [0.25, 0.3) is 44.9 Å². The van der Waals surface area contributed by atoms with E-state index in [1.165, 1.54) is 80.3 Å². The van der Waals surface area contributed by atoms with Gasteiger partial charge >= 0.3 is 23.9 Å². The van der Waals surface area contributed by atoms with Crippen molar-refractivity contribution in [3.63, 3.8) is 0 Å². The van der Waals surface area contributed by atoms with Gasteiger partial charge in [-0.3, -0.25) is 91.1 Å². The van der Waals surface area contributed by atoms with Crippen molar-refractivity contribution in [3.05, 3.63) is 203 Å². The van der Waals surface area contributed by atoms with E-state index in [0.29, 0.717) is 49.7 Å². The second-order valence-electron chi connectivity index (χ2n) is 37.5. The van der Waals surface area contributed by atoms with Crippen LogP contribution < -0.4 is 86.3 Å². The number of benzene rings is 7. The number of carbonyl (C=O) groups excluding carboxylic acids is 15. The number of carbonyl (C=O) groups is 19. The van der Waals surface area contributed by atoms with Gasteiger partial charge in [0.2, 0.25) is 82.7 Å². The molecule has 0 saturated heterocycles. The molecule has 8 aromatic rings. The fourth-order valence-electron chi connectivity index (χ4n) is 16.0. The fourth-order valence-corrected chi connectivity index (χ4v) is 19.2. The van der Waals surface area contributed by atoms with Crippen molar-refractivity contribution < 1.29 is 117 Å². The van der Waals surface area contributed by atoms with E-state index in [2.05, 4.69) is 69.1 Å². The van der Waals surface area contributed by atoms with E-state index in [9.17, 15) is 83.1 Å². The van der Waals surface area contributed by atoms with Gasteiger partial charge in [0.25, 0.3) is 0 Å². The summed E-state index contributed by atoms with van der Waals surface area (Å²) in [6.07, 6.45) is -8.06. The first-order chi connectivity index (χ1) is 70.7. The van der Waals surface area contributed by atoms with E-state index in [0.717, 1.165) is 5.56 Å². The molecule has 16 atom stereocenters. The van der Waals surface area contributed by atoms with Crippen LogP contribution in [0.15, 0.2) is 170 Å². The van der Waals surface area contributed by atoms with Crippen LogP contribution in [0, 0.1) is 11.3 Å². The molecule has 14 amide bonds. The van der Waals surface area contributed by atoms with Crippen molar-refractivity contribution >= 4 is 158 Å². The number of aromatic hydroxyl groups is 1. The number of hydrogen-bond donors (Lipinski definition) is 21. The summed E-state index contributed by atoms with van der Waals surface area (Å²) in [6.45, 7) is 10.4. The van der Waals surface area contributed by atoms with Gasteiger partial charge in [-0.25, -0.2) is 15.0 Å². The van der Waals surface area contributed by atoms with Crippen molar-refractivity contribution in [1.82, 2.24) is 84.1 Å². The Kier molecular flexibility index (Phi) is 42.6. The molecule has 6 heterocycles. The highest BCUT2D eigenvalue weighted by Crippen LogP contribution is 2.32. The van der Waals surface area contributed by atoms with Crippen LogP contribution in [0.4, 0.5) is 0 Å². The third-order valence-electron chi connectivity index (χ3n) is 24.5. The number of phenols is 1. The lowest BCUT2D eigenvalue weighted by Crippen LogP contribution is -2.62. The molecular weight excluding hydrogens is 1980 g/mol. The molecule has 5 aliphatic rings. The van der Waals surface area contributed by atoms with Gasteiger partial charge < -0.3 is 112 Å². The zero-order chi connectivity index (χ0) is 109. The molecule has 43 nitrogen and oxygen atoms in total. The summed E-state index contributed by atoms with van der Waals surface area (Å²) < 4.78 is 0. The van der Waals surface area contributed by atoms with E-state index in [1.807, 2.05) is 0 Å². The van der Waals surface area contributed by atoms with E-state index in [4.69, 9.17) is 32.2 Å². The van der Waals surface area contributed by atoms with E-state index in [1.54, 1.807) is 173 Å². The minimum atomic E-state index is -2.18. The second-order valence-corrected chi connectivity index (χ2v) is 40.6. The quantitative estimate of drug-likeness (QED) is 0.0459. The number of carboxylic acid groups (broad SMARTS) is 4. The first-order valence-corrected chi connectivity index (χ1v) is 51.4. The normalized spacial score (nSPS) is 23.1. The first-order valence-electron chi connectivity index (χ1n) is 47.9. The fraction of sp³-hybridized carbons (Fsp3) is 0.398. The summed E-state index contributed by atoms with van der Waals surface area (Å²) in [7, 11) is 0. The van der Waals surface area contributed by atoms with Crippen LogP contribution in [0.1, 0.15) is 133 Å². The van der Waals surface area contributed by atoms with Crippen LogP contribution in [0.2, 0.25) is 0 Å². The number of nitrogens with zero attached hydrogens (tertiary/aromatic N) is 3. The first kappa shape index (κ1) is 116. The number of primary amides is 2. The third-order valence-corrected chi connectivity index (χ3v) is 27.9. The number of aromatic nitrogens is 3. The Morgan fingerprint density at radius 3 is 1.29 bits per heavy atom. The van der Waals surface area contributed by atoms with Crippen molar-refractivity contribution in [2.45, 2.75) is 227 Å². The molecule has 7 aromatic carbocycles. The number of Topliss-reactive ketones (excluding diaryl/α,β-unsaturated/α-hetero) is 1. The number of nitrogens with one attached hydrogen (secondary N) is 13. The Bertz CT molecular complexity index is 6200. The summed E-state index contributed by atoms with van der Waals surface area (Å²) >= 11 is 3.63. The van der Waals surface area contributed by atoms with E-state index in [-0.39, 0.29) is 69.7 Å². The number of phenolic OH excluding ortho intramolecular Hbond substituents is 1. The van der Waals surface area contributed by atoms with Crippen LogP contribution in [-0.2, 0) is 128 Å². The summed E-state index contributed by atoms with van der Waals surface area (Å²) in [5, 5.41) is 86.4. The number of carboxylic acids is 4. The third kappa shape index (κ3) is 35.8. The predicted octanol–water partition coefficient (Wildman–Crippen LogP) is 2.40. The molecule has 24 N–H and O–H groups in total. The zero-order valence-corrected chi connectivity index (χ0v) is 85.2. The molecule has 149 heavy (non-hydrogen) atoms. The largest absolute Gasteiger partial charge is 0.508 e. The molecule has 5 aliphatic heterocycles. The van der Waals surface area contributed by atoms with Gasteiger partial charge in [-0.2, -0.15) is 35.3 Å². The Labute approximate surface area is 870 Å². The monoisotopic (exact) mass is 2110 g/mol. The van der Waals surface area contributed by atoms with Crippen LogP contribution in [0.3, 0.4) is 0 Å². The lowest BCUT2D eigenvalue weighted by molar-refractivity contribution is -0.142. The predicted molar refractivity (Wildman–Crippen MR) is 553 cm³/mol. The van der Waals surface area contributed by atoms with Crippen molar-refractivity contribution in [1.29, 1.82) is 0 Å². The molecule has 46 heteroatoms. The lowest BCUT2D eigenvalue weighted by Gasteiger charge is -2.32. The zero-order valence-electron chi connectivity index (χ0n) is 82.7. The lowest BCUT2D eigenvalue weighted by atomic mass is 9.81. The minimum absolute atomic E-state index is 0.0168. The maximum atomic E-state index is 15.5. The van der Waals surface area contributed by atoms with Crippen LogP contribution in [0.5, 0.6) is 5.75 Å². The smallest absolute Gasteiger partial charge is 0.305 e. The number of ketones is 1. The Morgan fingerprint density at radius 2 is 0.819 bits per heavy atom. The number of amides is 14. The summed E-state index contributed by atoms with van der Waals surface area (Å²) in [6, 6.07) is 22.2. The van der Waals surface area contributed by atoms with Crippen molar-refractivity contribution in [3.8, 4) is 39.9 Å². The molecule has 0 radical (unpaired) electrons. The number of rotatable bonds is 21. The topological polar surface area (TPSA) is 699 Å². The average molecular weight is 2110 g/mol. The van der Waals surface area contributed by atoms with Gasteiger partial charge in [0.15, 0.2) is 23.3 Å². The SMILES string of the molecule is CC1N[C@@H]2CSCc3ccc(cc3)-c3nc(nc(n3)-c3ccc(cc3)CSC[C@H](NC(=O)[C@H](C)N)C(=O)N[C@H](C)C(=O)N[C@@H](CC(N)=O)C(=O)N[C@@H](CCC(=O)O)C(=O)N[C@@H](Cc3cccc4ccccc34)C(=O)N[C@@H]1C)-c1ccc(cc1)CSC[C@@H](C(N)=O)CC(=O)[C@H](C(C)(C)C)NC(=O)[C@H](CC(=O)O)NC(=O)[C@H](Cc1ccc(O)cc1)NC(=O)[C@H](Cc1ccccc1)NC(=O)[C@H](CC(=O)O)NC(=O)[C@H](CCC(=O)O)NC2=O. The molecule has 0 spiro atoms. The number of nitrogens with two attached hydrogens (primary N) is 3. The highest BCUT2D eigenvalue weighted by Gasteiger charge is 2.42. The average Bonchev–Trinajstić information content (AvgIpc) is 0.795.